The highest BCUT2D eigenvalue weighted by atomic mass is 16.5. The van der Waals surface area contributed by atoms with Crippen LogP contribution in [0.15, 0.2) is 42.6 Å². The van der Waals surface area contributed by atoms with E-state index in [9.17, 15) is 4.79 Å². The predicted molar refractivity (Wildman–Crippen MR) is 84.2 cm³/mol. The zero-order valence-electron chi connectivity index (χ0n) is 12.3. The highest BCUT2D eigenvalue weighted by Crippen LogP contribution is 2.26. The Bertz CT molecular complexity index is 649. The summed E-state index contributed by atoms with van der Waals surface area (Å²) >= 11 is 0. The number of pyridine rings is 1. The van der Waals surface area contributed by atoms with Gasteiger partial charge in [-0.05, 0) is 62.1 Å². The number of nitrogens with one attached hydrogen (secondary N) is 1. The summed E-state index contributed by atoms with van der Waals surface area (Å²) in [4.78, 5) is 15.9. The standard InChI is InChI=1S/C17H19N3O2/c18-20-17(21)13-9-10-19-16(11-13)12-5-7-15(8-6-12)22-14-3-1-2-4-14/h5-11,14H,1-4,18H2,(H,20,21). The van der Waals surface area contributed by atoms with Crippen LogP contribution in [0.5, 0.6) is 5.75 Å². The highest BCUT2D eigenvalue weighted by Gasteiger charge is 2.16. The zero-order valence-corrected chi connectivity index (χ0v) is 12.3. The summed E-state index contributed by atoms with van der Waals surface area (Å²) in [5.74, 6) is 5.71. The lowest BCUT2D eigenvalue weighted by Gasteiger charge is -2.13. The summed E-state index contributed by atoms with van der Waals surface area (Å²) in [6, 6.07) is 11.2. The second-order valence-corrected chi connectivity index (χ2v) is 5.45. The fraction of sp³-hybridized carbons (Fsp3) is 0.294. The molecule has 0 saturated heterocycles. The summed E-state index contributed by atoms with van der Waals surface area (Å²) in [5.41, 5.74) is 4.27. The van der Waals surface area contributed by atoms with Crippen LogP contribution in [-0.2, 0) is 0 Å². The highest BCUT2D eigenvalue weighted by molar-refractivity contribution is 5.94. The quantitative estimate of drug-likeness (QED) is 0.517. The van der Waals surface area contributed by atoms with Gasteiger partial charge in [-0.1, -0.05) is 0 Å². The van der Waals surface area contributed by atoms with Crippen LogP contribution >= 0.6 is 0 Å². The van der Waals surface area contributed by atoms with Gasteiger partial charge in [0.2, 0.25) is 0 Å². The average molecular weight is 297 g/mol. The first-order valence-corrected chi connectivity index (χ1v) is 7.50. The minimum Gasteiger partial charge on any atom is -0.490 e. The second-order valence-electron chi connectivity index (χ2n) is 5.45. The van der Waals surface area contributed by atoms with Crippen LogP contribution in [-0.4, -0.2) is 17.0 Å². The van der Waals surface area contributed by atoms with Crippen molar-refractivity contribution in [2.45, 2.75) is 31.8 Å². The molecule has 2 aromatic rings. The third-order valence-electron chi connectivity index (χ3n) is 3.91. The molecule has 5 heteroatoms. The maximum atomic E-state index is 11.6. The van der Waals surface area contributed by atoms with Crippen LogP contribution in [0.2, 0.25) is 0 Å². The Labute approximate surface area is 129 Å². The largest absolute Gasteiger partial charge is 0.490 e. The van der Waals surface area contributed by atoms with Crippen LogP contribution in [0.4, 0.5) is 0 Å². The van der Waals surface area contributed by atoms with Gasteiger partial charge in [-0.3, -0.25) is 15.2 Å². The maximum Gasteiger partial charge on any atom is 0.265 e. The lowest BCUT2D eigenvalue weighted by Crippen LogP contribution is -2.29. The number of nitrogens with zero attached hydrogens (tertiary/aromatic N) is 1. The molecule has 3 N–H and O–H groups in total. The molecular weight excluding hydrogens is 278 g/mol. The van der Waals surface area contributed by atoms with Crippen LogP contribution in [0, 0.1) is 0 Å². The van der Waals surface area contributed by atoms with E-state index in [1.807, 2.05) is 24.3 Å². The van der Waals surface area contributed by atoms with Crippen molar-refractivity contribution in [1.82, 2.24) is 10.4 Å². The molecule has 1 heterocycles. The van der Waals surface area contributed by atoms with Gasteiger partial charge in [0, 0.05) is 17.3 Å². The van der Waals surface area contributed by atoms with Crippen LogP contribution in [0.1, 0.15) is 36.0 Å². The SMILES string of the molecule is NNC(=O)c1ccnc(-c2ccc(OC3CCCC3)cc2)c1. The number of rotatable bonds is 4. The second kappa shape index (κ2) is 6.58. The van der Waals surface area contributed by atoms with E-state index in [0.29, 0.717) is 11.7 Å². The van der Waals surface area contributed by atoms with E-state index in [1.165, 1.54) is 12.8 Å². The third kappa shape index (κ3) is 3.26. The number of carbonyl (C=O) groups excluding carboxylic acids is 1. The average Bonchev–Trinajstić information content (AvgIpc) is 3.08. The Hall–Kier alpha value is -2.40. The Kier molecular flexibility index (Phi) is 4.34. The van der Waals surface area contributed by atoms with Gasteiger partial charge >= 0.3 is 0 Å². The van der Waals surface area contributed by atoms with Crippen LogP contribution in [0.3, 0.4) is 0 Å². The summed E-state index contributed by atoms with van der Waals surface area (Å²) in [6.45, 7) is 0. The third-order valence-corrected chi connectivity index (χ3v) is 3.91. The predicted octanol–water partition coefficient (Wildman–Crippen LogP) is 2.67. The van der Waals surface area contributed by atoms with Gasteiger partial charge in [-0.25, -0.2) is 5.84 Å². The molecule has 1 amide bonds. The Morgan fingerprint density at radius 1 is 1.18 bits per heavy atom. The monoisotopic (exact) mass is 297 g/mol. The van der Waals surface area contributed by atoms with Crippen molar-refractivity contribution in [1.29, 1.82) is 0 Å². The maximum absolute atomic E-state index is 11.6. The molecule has 0 radical (unpaired) electrons. The van der Waals surface area contributed by atoms with Gasteiger partial charge in [0.1, 0.15) is 5.75 Å². The molecule has 1 saturated carbocycles. The first-order chi connectivity index (χ1) is 10.8. The Balaban J connectivity index is 1.76. The molecule has 1 fully saturated rings. The Morgan fingerprint density at radius 3 is 2.59 bits per heavy atom. The number of carbonyl (C=O) groups is 1. The smallest absolute Gasteiger partial charge is 0.265 e. The van der Waals surface area contributed by atoms with Crippen molar-refractivity contribution in [2.75, 3.05) is 0 Å². The van der Waals surface area contributed by atoms with Crippen molar-refractivity contribution in [3.8, 4) is 17.0 Å². The molecule has 1 aromatic carbocycles. The normalized spacial score (nSPS) is 14.8. The van der Waals surface area contributed by atoms with E-state index in [0.717, 1.165) is 29.8 Å². The summed E-state index contributed by atoms with van der Waals surface area (Å²) in [7, 11) is 0. The number of nitrogen functional groups attached to an aromatic ring is 1. The first kappa shape index (κ1) is 14.5. The number of hydrazine groups is 1. The molecule has 0 bridgehead atoms. The van der Waals surface area contributed by atoms with E-state index in [2.05, 4.69) is 10.4 Å². The van der Waals surface area contributed by atoms with Crippen molar-refractivity contribution >= 4 is 5.91 Å². The lowest BCUT2D eigenvalue weighted by molar-refractivity contribution is 0.0953. The first-order valence-electron chi connectivity index (χ1n) is 7.50. The number of amides is 1. The van der Waals surface area contributed by atoms with E-state index in [-0.39, 0.29) is 5.91 Å². The van der Waals surface area contributed by atoms with Gasteiger partial charge < -0.3 is 4.74 Å². The zero-order chi connectivity index (χ0) is 15.4. The molecule has 0 spiro atoms. The molecule has 3 rings (SSSR count). The van der Waals surface area contributed by atoms with Gasteiger partial charge in [0.25, 0.3) is 5.91 Å². The minimum absolute atomic E-state index is 0.329. The number of aromatic nitrogens is 1. The molecule has 0 unspecified atom stereocenters. The van der Waals surface area contributed by atoms with E-state index < -0.39 is 0 Å². The van der Waals surface area contributed by atoms with E-state index >= 15 is 0 Å². The van der Waals surface area contributed by atoms with Crippen molar-refractivity contribution in [3.63, 3.8) is 0 Å². The lowest BCUT2D eigenvalue weighted by atomic mass is 10.1. The minimum atomic E-state index is -0.329. The molecule has 1 aromatic heterocycles. The van der Waals surface area contributed by atoms with E-state index in [4.69, 9.17) is 10.6 Å². The molecule has 22 heavy (non-hydrogen) atoms. The van der Waals surface area contributed by atoms with Crippen LogP contribution < -0.4 is 16.0 Å². The molecule has 1 aliphatic rings. The molecular formula is C17H19N3O2. The fourth-order valence-electron chi connectivity index (χ4n) is 2.72. The molecule has 5 nitrogen and oxygen atoms in total. The van der Waals surface area contributed by atoms with Gasteiger partial charge in [-0.15, -0.1) is 0 Å². The molecule has 1 aliphatic carbocycles. The van der Waals surface area contributed by atoms with Gasteiger partial charge in [0.05, 0.1) is 11.8 Å². The van der Waals surface area contributed by atoms with Gasteiger partial charge in [0.15, 0.2) is 0 Å². The van der Waals surface area contributed by atoms with Crippen molar-refractivity contribution in [2.24, 2.45) is 5.84 Å². The van der Waals surface area contributed by atoms with Crippen molar-refractivity contribution < 1.29 is 9.53 Å². The fourth-order valence-corrected chi connectivity index (χ4v) is 2.72. The number of ether oxygens (including phenoxy) is 1. The summed E-state index contributed by atoms with van der Waals surface area (Å²) in [6.07, 6.45) is 6.73. The van der Waals surface area contributed by atoms with Crippen molar-refractivity contribution in [3.05, 3.63) is 48.2 Å². The molecule has 0 aliphatic heterocycles. The van der Waals surface area contributed by atoms with Gasteiger partial charge in [-0.2, -0.15) is 0 Å². The Morgan fingerprint density at radius 2 is 1.91 bits per heavy atom. The molecule has 114 valence electrons. The van der Waals surface area contributed by atoms with E-state index in [1.54, 1.807) is 18.3 Å². The topological polar surface area (TPSA) is 77.2 Å². The number of benzene rings is 1. The number of hydrogen-bond acceptors (Lipinski definition) is 4. The van der Waals surface area contributed by atoms with Crippen LogP contribution in [0.25, 0.3) is 11.3 Å². The number of hydrogen-bond donors (Lipinski definition) is 2. The summed E-state index contributed by atoms with van der Waals surface area (Å²) in [5, 5.41) is 0. The molecule has 0 atom stereocenters. The number of nitrogens with two attached hydrogens (primary N) is 1. The summed E-state index contributed by atoms with van der Waals surface area (Å²) < 4.78 is 5.94.